The topological polar surface area (TPSA) is 61.8 Å². The van der Waals surface area contributed by atoms with Crippen molar-refractivity contribution in [2.45, 2.75) is 20.8 Å². The maximum absolute atomic E-state index is 13.5. The molecule has 0 saturated carbocycles. The van der Waals surface area contributed by atoms with E-state index in [0.29, 0.717) is 10.9 Å². The standard InChI is InChI=1S/C27H24FN3O2S/c1-17-13-18(2)25(19(3)14-17)30-24(32)16-34-27-29-23(15-20-7-5-4-6-8-20)26(33)31(27)22-11-9-21(28)10-12-22/h4-15H,16H2,1-3H3,(H,30,32)/b23-15+. The highest BCUT2D eigenvalue weighted by Crippen LogP contribution is 2.30. The highest BCUT2D eigenvalue weighted by atomic mass is 32.2. The first-order chi connectivity index (χ1) is 16.3. The fourth-order valence-corrected chi connectivity index (χ4v) is 4.61. The number of nitrogens with one attached hydrogen (secondary N) is 1. The number of rotatable bonds is 5. The smallest absolute Gasteiger partial charge is 0.283 e. The summed E-state index contributed by atoms with van der Waals surface area (Å²) >= 11 is 1.16. The molecule has 3 aromatic carbocycles. The monoisotopic (exact) mass is 473 g/mol. The molecule has 0 unspecified atom stereocenters. The van der Waals surface area contributed by atoms with Gasteiger partial charge in [-0.2, -0.15) is 0 Å². The van der Waals surface area contributed by atoms with E-state index in [1.165, 1.54) is 29.2 Å². The summed E-state index contributed by atoms with van der Waals surface area (Å²) in [5, 5.41) is 3.34. The second kappa shape index (κ2) is 10.1. The predicted molar refractivity (Wildman–Crippen MR) is 137 cm³/mol. The Kier molecular flexibility index (Phi) is 6.93. The summed E-state index contributed by atoms with van der Waals surface area (Å²) in [5.74, 6) is -0.863. The zero-order valence-electron chi connectivity index (χ0n) is 19.1. The van der Waals surface area contributed by atoms with Gasteiger partial charge < -0.3 is 5.32 Å². The second-order valence-corrected chi connectivity index (χ2v) is 9.00. The molecule has 7 heteroatoms. The molecule has 2 amide bonds. The van der Waals surface area contributed by atoms with Crippen LogP contribution in [0.2, 0.25) is 0 Å². The van der Waals surface area contributed by atoms with Gasteiger partial charge in [0.25, 0.3) is 5.91 Å². The van der Waals surface area contributed by atoms with Gasteiger partial charge in [0, 0.05) is 5.69 Å². The lowest BCUT2D eigenvalue weighted by Crippen LogP contribution is -2.31. The zero-order valence-corrected chi connectivity index (χ0v) is 19.9. The fraction of sp³-hybridized carbons (Fsp3) is 0.148. The Hall–Kier alpha value is -3.71. The van der Waals surface area contributed by atoms with Crippen LogP contribution in [-0.4, -0.2) is 22.7 Å². The van der Waals surface area contributed by atoms with Crippen LogP contribution in [0.4, 0.5) is 15.8 Å². The fourth-order valence-electron chi connectivity index (χ4n) is 3.80. The molecule has 0 saturated heterocycles. The largest absolute Gasteiger partial charge is 0.325 e. The van der Waals surface area contributed by atoms with Crippen molar-refractivity contribution >= 4 is 46.2 Å². The molecule has 0 aliphatic carbocycles. The molecule has 0 radical (unpaired) electrons. The van der Waals surface area contributed by atoms with Gasteiger partial charge in [-0.05, 0) is 67.8 Å². The first-order valence-electron chi connectivity index (χ1n) is 10.8. The molecular formula is C27H24FN3O2S. The van der Waals surface area contributed by atoms with Crippen LogP contribution in [0.15, 0.2) is 77.4 Å². The van der Waals surface area contributed by atoms with Gasteiger partial charge in [-0.3, -0.25) is 14.5 Å². The van der Waals surface area contributed by atoms with Crippen molar-refractivity contribution in [3.8, 4) is 0 Å². The minimum absolute atomic E-state index is 0.0647. The van der Waals surface area contributed by atoms with Crippen LogP contribution < -0.4 is 10.2 Å². The van der Waals surface area contributed by atoms with Crippen LogP contribution in [0, 0.1) is 26.6 Å². The number of carbonyl (C=O) groups is 2. The number of anilines is 2. The summed E-state index contributed by atoms with van der Waals surface area (Å²) in [7, 11) is 0. The summed E-state index contributed by atoms with van der Waals surface area (Å²) in [6.07, 6.45) is 1.70. The molecule has 34 heavy (non-hydrogen) atoms. The van der Waals surface area contributed by atoms with Gasteiger partial charge in [-0.1, -0.05) is 59.8 Å². The molecule has 0 atom stereocenters. The molecular weight excluding hydrogens is 449 g/mol. The number of hydrogen-bond donors (Lipinski definition) is 1. The highest BCUT2D eigenvalue weighted by Gasteiger charge is 2.32. The molecule has 4 rings (SSSR count). The third kappa shape index (κ3) is 5.26. The Morgan fingerprint density at radius 2 is 1.68 bits per heavy atom. The Morgan fingerprint density at radius 3 is 2.32 bits per heavy atom. The van der Waals surface area contributed by atoms with Crippen LogP contribution in [0.25, 0.3) is 6.08 Å². The molecule has 0 bridgehead atoms. The molecule has 3 aromatic rings. The lowest BCUT2D eigenvalue weighted by molar-refractivity contribution is -0.114. The number of thioether (sulfide) groups is 1. The van der Waals surface area contributed by atoms with E-state index in [2.05, 4.69) is 10.3 Å². The summed E-state index contributed by atoms with van der Waals surface area (Å²) in [5.41, 5.74) is 5.48. The molecule has 0 aromatic heterocycles. The molecule has 0 spiro atoms. The van der Waals surface area contributed by atoms with Crippen LogP contribution in [0.3, 0.4) is 0 Å². The quantitative estimate of drug-likeness (QED) is 0.472. The van der Waals surface area contributed by atoms with E-state index in [0.717, 1.165) is 39.7 Å². The Bertz CT molecular complexity index is 1280. The summed E-state index contributed by atoms with van der Waals surface area (Å²) < 4.78 is 13.5. The number of benzene rings is 3. The first kappa shape index (κ1) is 23.4. The highest BCUT2D eigenvalue weighted by molar-refractivity contribution is 8.14. The van der Waals surface area contributed by atoms with E-state index in [4.69, 9.17) is 0 Å². The molecule has 1 heterocycles. The number of aliphatic imine (C=N–C) groups is 1. The third-order valence-corrected chi connectivity index (χ3v) is 6.23. The van der Waals surface area contributed by atoms with Crippen LogP contribution in [0.5, 0.6) is 0 Å². The average molecular weight is 474 g/mol. The molecule has 1 aliphatic rings. The van der Waals surface area contributed by atoms with Crippen molar-refractivity contribution in [1.29, 1.82) is 0 Å². The number of carbonyl (C=O) groups excluding carboxylic acids is 2. The molecule has 5 nitrogen and oxygen atoms in total. The van der Waals surface area contributed by atoms with Crippen LogP contribution >= 0.6 is 11.8 Å². The van der Waals surface area contributed by atoms with Crippen LogP contribution in [0.1, 0.15) is 22.3 Å². The minimum atomic E-state index is -0.398. The Balaban J connectivity index is 1.57. The van der Waals surface area contributed by atoms with Crippen molar-refractivity contribution in [3.63, 3.8) is 0 Å². The number of halogens is 1. The van der Waals surface area contributed by atoms with E-state index in [1.807, 2.05) is 63.2 Å². The van der Waals surface area contributed by atoms with E-state index in [-0.39, 0.29) is 23.3 Å². The van der Waals surface area contributed by atoms with Gasteiger partial charge in [0.2, 0.25) is 5.91 Å². The maximum atomic E-state index is 13.5. The van der Waals surface area contributed by atoms with Gasteiger partial charge in [0.15, 0.2) is 5.17 Å². The normalized spacial score (nSPS) is 14.5. The minimum Gasteiger partial charge on any atom is -0.325 e. The van der Waals surface area contributed by atoms with E-state index >= 15 is 0 Å². The van der Waals surface area contributed by atoms with Gasteiger partial charge in [-0.25, -0.2) is 9.38 Å². The Labute approximate surface area is 202 Å². The van der Waals surface area contributed by atoms with Gasteiger partial charge in [0.1, 0.15) is 11.5 Å². The number of amides is 2. The average Bonchev–Trinajstić information content (AvgIpc) is 3.11. The molecule has 1 N–H and O–H groups in total. The number of amidine groups is 1. The Morgan fingerprint density at radius 1 is 1.03 bits per heavy atom. The predicted octanol–water partition coefficient (Wildman–Crippen LogP) is 5.87. The molecule has 1 aliphatic heterocycles. The number of aryl methyl sites for hydroxylation is 3. The first-order valence-corrected chi connectivity index (χ1v) is 11.8. The summed E-state index contributed by atoms with van der Waals surface area (Å²) in [6.45, 7) is 5.93. The summed E-state index contributed by atoms with van der Waals surface area (Å²) in [4.78, 5) is 31.9. The van der Waals surface area contributed by atoms with Crippen molar-refractivity contribution in [3.05, 3.63) is 100 Å². The van der Waals surface area contributed by atoms with E-state index < -0.39 is 5.82 Å². The van der Waals surface area contributed by atoms with Crippen molar-refractivity contribution in [2.24, 2.45) is 4.99 Å². The third-order valence-electron chi connectivity index (χ3n) is 5.29. The molecule has 0 fully saturated rings. The second-order valence-electron chi connectivity index (χ2n) is 8.06. The zero-order chi connectivity index (χ0) is 24.2. The van der Waals surface area contributed by atoms with E-state index in [1.54, 1.807) is 6.08 Å². The number of hydrogen-bond acceptors (Lipinski definition) is 4. The maximum Gasteiger partial charge on any atom is 0.283 e. The van der Waals surface area contributed by atoms with Crippen molar-refractivity contribution in [2.75, 3.05) is 16.0 Å². The molecule has 172 valence electrons. The number of nitrogens with zero attached hydrogens (tertiary/aromatic N) is 2. The van der Waals surface area contributed by atoms with E-state index in [9.17, 15) is 14.0 Å². The SMILES string of the molecule is Cc1cc(C)c(NC(=O)CSC2=N/C(=C/c3ccccc3)C(=O)N2c2ccc(F)cc2)c(C)c1. The van der Waals surface area contributed by atoms with Crippen LogP contribution in [-0.2, 0) is 9.59 Å². The lowest BCUT2D eigenvalue weighted by Gasteiger charge is -2.18. The van der Waals surface area contributed by atoms with Crippen molar-refractivity contribution < 1.29 is 14.0 Å². The van der Waals surface area contributed by atoms with Gasteiger partial charge in [-0.15, -0.1) is 0 Å². The summed E-state index contributed by atoms with van der Waals surface area (Å²) in [6, 6.07) is 19.1. The lowest BCUT2D eigenvalue weighted by atomic mass is 10.1. The van der Waals surface area contributed by atoms with Gasteiger partial charge >= 0.3 is 0 Å². The van der Waals surface area contributed by atoms with Crippen molar-refractivity contribution in [1.82, 2.24) is 0 Å². The van der Waals surface area contributed by atoms with Gasteiger partial charge in [0.05, 0.1) is 11.4 Å².